The number of aryl methyl sites for hydroxylation is 1. The van der Waals surface area contributed by atoms with Crippen LogP contribution in [0.1, 0.15) is 30.9 Å². The van der Waals surface area contributed by atoms with E-state index in [0.29, 0.717) is 13.2 Å². The van der Waals surface area contributed by atoms with Crippen LogP contribution in [0.4, 0.5) is 0 Å². The summed E-state index contributed by atoms with van der Waals surface area (Å²) in [7, 11) is 3.56. The molecule has 1 aromatic rings. The van der Waals surface area contributed by atoms with Gasteiger partial charge in [-0.1, -0.05) is 12.1 Å². The van der Waals surface area contributed by atoms with Gasteiger partial charge < -0.3 is 20.1 Å². The third kappa shape index (κ3) is 8.66. The van der Waals surface area contributed by atoms with Gasteiger partial charge in [-0.15, -0.1) is 24.0 Å². The molecule has 6 nitrogen and oxygen atoms in total. The SMILES string of the molecule is CCOc1cc(C)ccc1CNC(=NC)NCCN(CCOC)C1CC1.I. The minimum atomic E-state index is 0. The number of hydrogen-bond acceptors (Lipinski definition) is 4. The van der Waals surface area contributed by atoms with E-state index in [4.69, 9.17) is 9.47 Å². The average molecular weight is 490 g/mol. The van der Waals surface area contributed by atoms with Crippen molar-refractivity contribution in [1.29, 1.82) is 0 Å². The van der Waals surface area contributed by atoms with Crippen LogP contribution < -0.4 is 15.4 Å². The van der Waals surface area contributed by atoms with Gasteiger partial charge in [0.15, 0.2) is 5.96 Å². The molecule has 0 saturated heterocycles. The van der Waals surface area contributed by atoms with Crippen molar-refractivity contribution in [2.75, 3.05) is 47.0 Å². The second kappa shape index (κ2) is 13.2. The molecule has 1 saturated carbocycles. The van der Waals surface area contributed by atoms with E-state index in [9.17, 15) is 0 Å². The van der Waals surface area contributed by atoms with Crippen molar-refractivity contribution in [3.8, 4) is 5.75 Å². The molecule has 0 amide bonds. The first-order chi connectivity index (χ1) is 12.7. The molecule has 0 aliphatic heterocycles. The van der Waals surface area contributed by atoms with Gasteiger partial charge in [0.2, 0.25) is 0 Å². The number of halogens is 1. The van der Waals surface area contributed by atoms with Gasteiger partial charge in [-0.3, -0.25) is 9.89 Å². The molecular formula is C20H35IN4O2. The Morgan fingerprint density at radius 3 is 2.67 bits per heavy atom. The van der Waals surface area contributed by atoms with E-state index in [2.05, 4.69) is 45.6 Å². The van der Waals surface area contributed by atoms with Crippen molar-refractivity contribution in [3.05, 3.63) is 29.3 Å². The summed E-state index contributed by atoms with van der Waals surface area (Å²) in [6, 6.07) is 7.04. The van der Waals surface area contributed by atoms with E-state index in [-0.39, 0.29) is 24.0 Å². The zero-order chi connectivity index (χ0) is 18.8. The topological polar surface area (TPSA) is 58.1 Å². The van der Waals surface area contributed by atoms with Crippen LogP contribution >= 0.6 is 24.0 Å². The Labute approximate surface area is 181 Å². The number of nitrogens with one attached hydrogen (secondary N) is 2. The summed E-state index contributed by atoms with van der Waals surface area (Å²) in [6.45, 7) is 9.10. The van der Waals surface area contributed by atoms with Crippen molar-refractivity contribution in [3.63, 3.8) is 0 Å². The Hall–Kier alpha value is -1.06. The number of hydrogen-bond donors (Lipinski definition) is 2. The summed E-state index contributed by atoms with van der Waals surface area (Å²) in [5.74, 6) is 1.76. The summed E-state index contributed by atoms with van der Waals surface area (Å²) < 4.78 is 11.0. The van der Waals surface area contributed by atoms with Crippen molar-refractivity contribution in [2.45, 2.75) is 39.3 Å². The van der Waals surface area contributed by atoms with Gasteiger partial charge in [0.1, 0.15) is 5.75 Å². The Bertz CT molecular complexity index is 579. The Balaban J connectivity index is 0.00000364. The Morgan fingerprint density at radius 1 is 1.26 bits per heavy atom. The summed E-state index contributed by atoms with van der Waals surface area (Å²) in [5.41, 5.74) is 2.34. The highest BCUT2D eigenvalue weighted by Crippen LogP contribution is 2.26. The molecule has 2 N–H and O–H groups in total. The van der Waals surface area contributed by atoms with Crippen LogP contribution in [0.3, 0.4) is 0 Å². The predicted octanol–water partition coefficient (Wildman–Crippen LogP) is 2.79. The number of benzene rings is 1. The van der Waals surface area contributed by atoms with Crippen molar-refractivity contribution < 1.29 is 9.47 Å². The molecule has 0 bridgehead atoms. The maximum Gasteiger partial charge on any atom is 0.191 e. The smallest absolute Gasteiger partial charge is 0.191 e. The van der Waals surface area contributed by atoms with Crippen molar-refractivity contribution >= 4 is 29.9 Å². The maximum atomic E-state index is 5.75. The third-order valence-electron chi connectivity index (χ3n) is 4.53. The van der Waals surface area contributed by atoms with E-state index < -0.39 is 0 Å². The zero-order valence-corrected chi connectivity index (χ0v) is 19.4. The van der Waals surface area contributed by atoms with Gasteiger partial charge in [-0.25, -0.2) is 0 Å². The molecule has 0 unspecified atom stereocenters. The first-order valence-corrected chi connectivity index (χ1v) is 9.57. The lowest BCUT2D eigenvalue weighted by Crippen LogP contribution is -2.42. The normalized spacial score (nSPS) is 14.0. The molecule has 7 heteroatoms. The lowest BCUT2D eigenvalue weighted by molar-refractivity contribution is 0.144. The highest BCUT2D eigenvalue weighted by molar-refractivity contribution is 14.0. The predicted molar refractivity (Wildman–Crippen MR) is 122 cm³/mol. The standard InChI is InChI=1S/C20H34N4O2.HI/c1-5-26-19-14-16(2)6-7-17(19)15-23-20(21-3)22-10-11-24(12-13-25-4)18-8-9-18;/h6-7,14,18H,5,8-13,15H2,1-4H3,(H2,21,22,23);1H. The van der Waals surface area contributed by atoms with Crippen LogP contribution in [0.15, 0.2) is 23.2 Å². The van der Waals surface area contributed by atoms with Gasteiger partial charge in [-0.05, 0) is 38.3 Å². The number of guanidine groups is 1. The molecule has 0 radical (unpaired) electrons. The van der Waals surface area contributed by atoms with Crippen LogP contribution in [0.2, 0.25) is 0 Å². The first kappa shape index (κ1) is 24.0. The summed E-state index contributed by atoms with van der Waals surface area (Å²) in [5, 5.41) is 6.79. The van der Waals surface area contributed by atoms with Gasteiger partial charge in [0.25, 0.3) is 0 Å². The molecule has 0 atom stereocenters. The average Bonchev–Trinajstić information content (AvgIpc) is 3.47. The zero-order valence-electron chi connectivity index (χ0n) is 17.1. The Kier molecular flexibility index (Phi) is 11.7. The van der Waals surface area contributed by atoms with Gasteiger partial charge in [-0.2, -0.15) is 0 Å². The first-order valence-electron chi connectivity index (χ1n) is 9.57. The largest absolute Gasteiger partial charge is 0.494 e. The third-order valence-corrected chi connectivity index (χ3v) is 4.53. The molecular weight excluding hydrogens is 455 g/mol. The Morgan fingerprint density at radius 2 is 2.04 bits per heavy atom. The molecule has 0 heterocycles. The van der Waals surface area contributed by atoms with Crippen molar-refractivity contribution in [1.82, 2.24) is 15.5 Å². The van der Waals surface area contributed by atoms with E-state index in [1.165, 1.54) is 18.4 Å². The number of nitrogens with zero attached hydrogens (tertiary/aromatic N) is 2. The quantitative estimate of drug-likeness (QED) is 0.284. The van der Waals surface area contributed by atoms with E-state index in [1.807, 2.05) is 6.92 Å². The molecule has 0 aromatic heterocycles. The maximum absolute atomic E-state index is 5.75. The lowest BCUT2D eigenvalue weighted by Gasteiger charge is -2.22. The summed E-state index contributed by atoms with van der Waals surface area (Å²) in [4.78, 5) is 6.82. The minimum Gasteiger partial charge on any atom is -0.494 e. The summed E-state index contributed by atoms with van der Waals surface area (Å²) >= 11 is 0. The number of aliphatic imine (C=N–C) groups is 1. The molecule has 154 valence electrons. The van der Waals surface area contributed by atoms with Crippen LogP contribution in [-0.4, -0.2) is 63.9 Å². The fraction of sp³-hybridized carbons (Fsp3) is 0.650. The van der Waals surface area contributed by atoms with E-state index >= 15 is 0 Å². The number of rotatable bonds is 11. The van der Waals surface area contributed by atoms with Gasteiger partial charge in [0.05, 0.1) is 13.2 Å². The van der Waals surface area contributed by atoms with Gasteiger partial charge >= 0.3 is 0 Å². The van der Waals surface area contributed by atoms with Crippen LogP contribution in [0, 0.1) is 6.92 Å². The molecule has 1 aromatic carbocycles. The van der Waals surface area contributed by atoms with E-state index in [1.54, 1.807) is 14.2 Å². The molecule has 1 aliphatic rings. The minimum absolute atomic E-state index is 0. The lowest BCUT2D eigenvalue weighted by atomic mass is 10.1. The number of methoxy groups -OCH3 is 1. The van der Waals surface area contributed by atoms with Crippen molar-refractivity contribution in [2.24, 2.45) is 4.99 Å². The number of ether oxygens (including phenoxy) is 2. The molecule has 27 heavy (non-hydrogen) atoms. The second-order valence-corrected chi connectivity index (χ2v) is 6.66. The highest BCUT2D eigenvalue weighted by atomic mass is 127. The monoisotopic (exact) mass is 490 g/mol. The highest BCUT2D eigenvalue weighted by Gasteiger charge is 2.28. The summed E-state index contributed by atoms with van der Waals surface area (Å²) in [6.07, 6.45) is 2.62. The van der Waals surface area contributed by atoms with Crippen LogP contribution in [0.5, 0.6) is 5.75 Å². The molecule has 1 fully saturated rings. The van der Waals surface area contributed by atoms with E-state index in [0.717, 1.165) is 49.6 Å². The fourth-order valence-electron chi connectivity index (χ4n) is 2.94. The fourth-order valence-corrected chi connectivity index (χ4v) is 2.94. The second-order valence-electron chi connectivity index (χ2n) is 6.66. The van der Waals surface area contributed by atoms with Crippen LogP contribution in [-0.2, 0) is 11.3 Å². The molecule has 0 spiro atoms. The molecule has 1 aliphatic carbocycles. The molecule has 2 rings (SSSR count). The van der Waals surface area contributed by atoms with Gasteiger partial charge in [0, 0.05) is 51.9 Å². The van der Waals surface area contributed by atoms with Crippen LogP contribution in [0.25, 0.3) is 0 Å².